The number of aryl methyl sites for hydroxylation is 2. The Labute approximate surface area is 204 Å². The maximum absolute atomic E-state index is 13.6. The Bertz CT molecular complexity index is 1080. The van der Waals surface area contributed by atoms with Gasteiger partial charge in [0.1, 0.15) is 12.6 Å². The fourth-order valence-electron chi connectivity index (χ4n) is 3.53. The van der Waals surface area contributed by atoms with Crippen molar-refractivity contribution in [1.82, 2.24) is 10.2 Å². The van der Waals surface area contributed by atoms with E-state index in [1.807, 2.05) is 64.1 Å². The van der Waals surface area contributed by atoms with Gasteiger partial charge in [0.2, 0.25) is 21.8 Å². The number of nitrogens with zero attached hydrogens (tertiary/aromatic N) is 2. The summed E-state index contributed by atoms with van der Waals surface area (Å²) in [7, 11) is -3.73. The smallest absolute Gasteiger partial charge is 0.244 e. The highest BCUT2D eigenvalue weighted by Crippen LogP contribution is 2.20. The first-order valence-corrected chi connectivity index (χ1v) is 13.5. The molecule has 186 valence electrons. The number of sulfonamides is 1. The van der Waals surface area contributed by atoms with E-state index in [4.69, 9.17) is 0 Å². The molecule has 0 saturated carbocycles. The summed E-state index contributed by atoms with van der Waals surface area (Å²) in [5.74, 6) is -0.713. The van der Waals surface area contributed by atoms with E-state index >= 15 is 0 Å². The van der Waals surface area contributed by atoms with E-state index in [-0.39, 0.29) is 18.5 Å². The number of hydrogen-bond acceptors (Lipinski definition) is 4. The van der Waals surface area contributed by atoms with Crippen LogP contribution in [0.4, 0.5) is 5.69 Å². The standard InChI is InChI=1S/C26H37N3O4S/c1-7-20(4)27-26(31)21(5)28(17-23-12-10-9-11-19(23)3)25(30)18-29(34(6,32)33)24-15-13-22(8-2)14-16-24/h9-16,20-21H,7-8,17-18H2,1-6H3,(H,27,31)/t20-,21+/m1/s1. The highest BCUT2D eigenvalue weighted by Gasteiger charge is 2.30. The number of anilines is 1. The molecule has 34 heavy (non-hydrogen) atoms. The molecule has 7 nitrogen and oxygen atoms in total. The van der Waals surface area contributed by atoms with Crippen LogP contribution in [0, 0.1) is 6.92 Å². The largest absolute Gasteiger partial charge is 0.352 e. The second kappa shape index (κ2) is 12.0. The zero-order chi connectivity index (χ0) is 25.5. The van der Waals surface area contributed by atoms with Crippen LogP contribution in [-0.4, -0.2) is 50.0 Å². The SMILES string of the molecule is CCc1ccc(N(CC(=O)N(Cc2ccccc2C)[C@@H](C)C(=O)N[C@H](C)CC)S(C)(=O)=O)cc1. The van der Waals surface area contributed by atoms with Crippen LogP contribution in [0.15, 0.2) is 48.5 Å². The van der Waals surface area contributed by atoms with Crippen molar-refractivity contribution in [3.63, 3.8) is 0 Å². The summed E-state index contributed by atoms with van der Waals surface area (Å²) in [6.07, 6.45) is 2.67. The van der Waals surface area contributed by atoms with Crippen molar-refractivity contribution in [3.05, 3.63) is 65.2 Å². The number of benzene rings is 2. The number of nitrogens with one attached hydrogen (secondary N) is 1. The minimum atomic E-state index is -3.73. The molecule has 0 unspecified atom stereocenters. The third kappa shape index (κ3) is 7.32. The predicted molar refractivity (Wildman–Crippen MR) is 137 cm³/mol. The second-order valence-corrected chi connectivity index (χ2v) is 10.6. The molecular formula is C26H37N3O4S. The van der Waals surface area contributed by atoms with Crippen molar-refractivity contribution in [2.45, 2.75) is 66.1 Å². The third-order valence-corrected chi connectivity index (χ3v) is 7.22. The Morgan fingerprint density at radius 3 is 2.15 bits per heavy atom. The minimum absolute atomic E-state index is 0.0324. The van der Waals surface area contributed by atoms with Gasteiger partial charge in [0, 0.05) is 12.6 Å². The first-order valence-electron chi connectivity index (χ1n) is 11.7. The highest BCUT2D eigenvalue weighted by atomic mass is 32.2. The molecule has 0 radical (unpaired) electrons. The van der Waals surface area contributed by atoms with Crippen LogP contribution in [-0.2, 0) is 32.6 Å². The first kappa shape index (κ1) is 27.4. The van der Waals surface area contributed by atoms with Crippen molar-refractivity contribution in [2.24, 2.45) is 0 Å². The summed E-state index contributed by atoms with van der Waals surface area (Å²) < 4.78 is 26.3. The molecule has 0 saturated heterocycles. The molecule has 1 N–H and O–H groups in total. The summed E-state index contributed by atoms with van der Waals surface area (Å²) in [6, 6.07) is 14.0. The molecule has 0 heterocycles. The molecule has 2 aromatic rings. The lowest BCUT2D eigenvalue weighted by atomic mass is 10.1. The maximum atomic E-state index is 13.6. The quantitative estimate of drug-likeness (QED) is 0.524. The average molecular weight is 488 g/mol. The van der Waals surface area contributed by atoms with E-state index in [9.17, 15) is 18.0 Å². The molecule has 0 aliphatic carbocycles. The van der Waals surface area contributed by atoms with Gasteiger partial charge in [0.25, 0.3) is 0 Å². The fraction of sp³-hybridized carbons (Fsp3) is 0.462. The third-order valence-electron chi connectivity index (χ3n) is 6.08. The molecule has 0 bridgehead atoms. The van der Waals surface area contributed by atoms with E-state index in [0.717, 1.165) is 40.1 Å². The van der Waals surface area contributed by atoms with Crippen LogP contribution >= 0.6 is 0 Å². The Morgan fingerprint density at radius 2 is 1.62 bits per heavy atom. The van der Waals surface area contributed by atoms with Crippen LogP contribution in [0.5, 0.6) is 0 Å². The minimum Gasteiger partial charge on any atom is -0.352 e. The van der Waals surface area contributed by atoms with Gasteiger partial charge < -0.3 is 10.2 Å². The van der Waals surface area contributed by atoms with Gasteiger partial charge in [0.05, 0.1) is 11.9 Å². The zero-order valence-electron chi connectivity index (χ0n) is 21.0. The van der Waals surface area contributed by atoms with Gasteiger partial charge in [0.15, 0.2) is 0 Å². The van der Waals surface area contributed by atoms with Crippen molar-refractivity contribution in [1.29, 1.82) is 0 Å². The van der Waals surface area contributed by atoms with Crippen LogP contribution in [0.25, 0.3) is 0 Å². The molecule has 2 amide bonds. The molecule has 0 spiro atoms. The number of hydrogen-bond donors (Lipinski definition) is 1. The fourth-order valence-corrected chi connectivity index (χ4v) is 4.38. The lowest BCUT2D eigenvalue weighted by Gasteiger charge is -2.32. The van der Waals surface area contributed by atoms with Crippen LogP contribution in [0.2, 0.25) is 0 Å². The van der Waals surface area contributed by atoms with Gasteiger partial charge in [-0.2, -0.15) is 0 Å². The monoisotopic (exact) mass is 487 g/mol. The molecule has 0 fully saturated rings. The Balaban J connectivity index is 2.39. The molecule has 0 aliphatic rings. The van der Waals surface area contributed by atoms with Gasteiger partial charge in [-0.15, -0.1) is 0 Å². The molecule has 2 aromatic carbocycles. The van der Waals surface area contributed by atoms with E-state index in [1.54, 1.807) is 19.1 Å². The maximum Gasteiger partial charge on any atom is 0.244 e. The van der Waals surface area contributed by atoms with Crippen LogP contribution < -0.4 is 9.62 Å². The highest BCUT2D eigenvalue weighted by molar-refractivity contribution is 7.92. The molecule has 0 aromatic heterocycles. The number of carbonyl (C=O) groups excluding carboxylic acids is 2. The van der Waals surface area contributed by atoms with E-state index < -0.39 is 28.5 Å². The van der Waals surface area contributed by atoms with Crippen molar-refractivity contribution in [2.75, 3.05) is 17.1 Å². The average Bonchev–Trinajstić information content (AvgIpc) is 2.80. The lowest BCUT2D eigenvalue weighted by molar-refractivity contribution is -0.139. The Morgan fingerprint density at radius 1 is 1.00 bits per heavy atom. The van der Waals surface area contributed by atoms with Crippen LogP contribution in [0.3, 0.4) is 0 Å². The summed E-state index contributed by atoms with van der Waals surface area (Å²) in [5.41, 5.74) is 3.38. The molecule has 8 heteroatoms. The molecule has 2 atom stereocenters. The number of carbonyl (C=O) groups is 2. The summed E-state index contributed by atoms with van der Waals surface area (Å²) in [4.78, 5) is 27.9. The number of amides is 2. The van der Waals surface area contributed by atoms with Crippen molar-refractivity contribution in [3.8, 4) is 0 Å². The summed E-state index contributed by atoms with van der Waals surface area (Å²) in [6.45, 7) is 9.32. The second-order valence-electron chi connectivity index (χ2n) is 8.73. The first-order chi connectivity index (χ1) is 16.0. The normalized spacial score (nSPS) is 13.1. The van der Waals surface area contributed by atoms with E-state index in [1.165, 1.54) is 4.90 Å². The van der Waals surface area contributed by atoms with Gasteiger partial charge in [-0.1, -0.05) is 50.2 Å². The topological polar surface area (TPSA) is 86.8 Å². The van der Waals surface area contributed by atoms with Crippen molar-refractivity contribution < 1.29 is 18.0 Å². The molecular weight excluding hydrogens is 450 g/mol. The Kier molecular flexibility index (Phi) is 9.67. The predicted octanol–water partition coefficient (Wildman–Crippen LogP) is 3.66. The van der Waals surface area contributed by atoms with Crippen LogP contribution in [0.1, 0.15) is 50.8 Å². The zero-order valence-corrected chi connectivity index (χ0v) is 21.9. The van der Waals surface area contributed by atoms with Crippen molar-refractivity contribution >= 4 is 27.5 Å². The molecule has 2 rings (SSSR count). The molecule has 0 aliphatic heterocycles. The Hall–Kier alpha value is -2.87. The van der Waals surface area contributed by atoms with E-state index in [0.29, 0.717) is 5.69 Å². The number of rotatable bonds is 11. The van der Waals surface area contributed by atoms with Gasteiger partial charge in [-0.05, 0) is 62.4 Å². The van der Waals surface area contributed by atoms with Gasteiger partial charge >= 0.3 is 0 Å². The van der Waals surface area contributed by atoms with Gasteiger partial charge in [-0.3, -0.25) is 13.9 Å². The van der Waals surface area contributed by atoms with Gasteiger partial charge in [-0.25, -0.2) is 8.42 Å². The summed E-state index contributed by atoms with van der Waals surface area (Å²) >= 11 is 0. The lowest BCUT2D eigenvalue weighted by Crippen LogP contribution is -2.52. The van der Waals surface area contributed by atoms with E-state index in [2.05, 4.69) is 5.32 Å². The summed E-state index contributed by atoms with van der Waals surface area (Å²) in [5, 5.41) is 2.93.